The highest BCUT2D eigenvalue weighted by Crippen LogP contribution is 2.39. The van der Waals surface area contributed by atoms with Crippen molar-refractivity contribution >= 4 is 27.4 Å². The molecule has 0 aromatic heterocycles. The molecule has 28 heavy (non-hydrogen) atoms. The third-order valence-electron chi connectivity index (χ3n) is 4.42. The lowest BCUT2D eigenvalue weighted by Crippen LogP contribution is -2.13. The number of sulfone groups is 1. The van der Waals surface area contributed by atoms with Crippen molar-refractivity contribution in [3.8, 4) is 11.5 Å². The largest absolute Gasteiger partial charge is 0.496 e. The first-order valence-electron chi connectivity index (χ1n) is 9.66. The minimum Gasteiger partial charge on any atom is -0.496 e. The van der Waals surface area contributed by atoms with Gasteiger partial charge in [0, 0.05) is 11.8 Å². The maximum Gasteiger partial charge on any atom is 0.303 e. The smallest absolute Gasteiger partial charge is 0.303 e. The monoisotopic (exact) mass is 434 g/mol. The summed E-state index contributed by atoms with van der Waals surface area (Å²) in [4.78, 5) is 11.3. The van der Waals surface area contributed by atoms with Gasteiger partial charge in [0.1, 0.15) is 21.3 Å². The SMILES string of the molecule is CCCCC(CC(=O)O)c1cc(Cl)c(OCCCS(=O)(=O)CCC)cc1OC. The van der Waals surface area contributed by atoms with Gasteiger partial charge in [-0.25, -0.2) is 8.42 Å². The lowest BCUT2D eigenvalue weighted by molar-refractivity contribution is -0.137. The van der Waals surface area contributed by atoms with Crippen LogP contribution < -0.4 is 9.47 Å². The Morgan fingerprint density at radius 1 is 1.14 bits per heavy atom. The molecule has 6 nitrogen and oxygen atoms in total. The molecule has 0 aliphatic carbocycles. The molecule has 0 heterocycles. The summed E-state index contributed by atoms with van der Waals surface area (Å²) >= 11 is 6.35. The third-order valence-corrected chi connectivity index (χ3v) is 6.66. The van der Waals surface area contributed by atoms with Crippen LogP contribution in [-0.4, -0.2) is 44.7 Å². The van der Waals surface area contributed by atoms with Gasteiger partial charge in [-0.1, -0.05) is 38.3 Å². The number of benzene rings is 1. The summed E-state index contributed by atoms with van der Waals surface area (Å²) in [7, 11) is -1.52. The fourth-order valence-electron chi connectivity index (χ4n) is 3.06. The van der Waals surface area contributed by atoms with E-state index in [0.717, 1.165) is 24.8 Å². The standard InChI is InChI=1S/C20H31ClO6S/c1-4-6-8-15(12-20(22)23)16-13-17(21)19(14-18(16)26-3)27-9-7-11-28(24,25)10-5-2/h13-15H,4-12H2,1-3H3,(H,22,23). The summed E-state index contributed by atoms with van der Waals surface area (Å²) < 4.78 is 34.6. The molecule has 0 radical (unpaired) electrons. The van der Waals surface area contributed by atoms with Crippen LogP contribution in [0.5, 0.6) is 11.5 Å². The van der Waals surface area contributed by atoms with Crippen LogP contribution in [0.3, 0.4) is 0 Å². The number of carboxylic acids is 1. The number of carboxylic acid groups (broad SMARTS) is 1. The highest BCUT2D eigenvalue weighted by atomic mass is 35.5. The number of methoxy groups -OCH3 is 1. The van der Waals surface area contributed by atoms with Crippen molar-refractivity contribution in [1.82, 2.24) is 0 Å². The molecule has 1 aromatic carbocycles. The highest BCUT2D eigenvalue weighted by Gasteiger charge is 2.21. The van der Waals surface area contributed by atoms with Crippen molar-refractivity contribution in [2.45, 2.75) is 58.3 Å². The third kappa shape index (κ3) is 8.27. The number of rotatable bonds is 14. The van der Waals surface area contributed by atoms with Crippen LogP contribution in [0.25, 0.3) is 0 Å². The number of halogens is 1. The fraction of sp³-hybridized carbons (Fsp3) is 0.650. The Bertz CT molecular complexity index is 732. The van der Waals surface area contributed by atoms with E-state index >= 15 is 0 Å². The van der Waals surface area contributed by atoms with E-state index in [-0.39, 0.29) is 30.5 Å². The summed E-state index contributed by atoms with van der Waals surface area (Å²) in [5.41, 5.74) is 0.751. The van der Waals surface area contributed by atoms with Crippen molar-refractivity contribution in [3.05, 3.63) is 22.7 Å². The molecule has 1 N–H and O–H groups in total. The highest BCUT2D eigenvalue weighted by molar-refractivity contribution is 7.91. The van der Waals surface area contributed by atoms with E-state index in [9.17, 15) is 18.3 Å². The van der Waals surface area contributed by atoms with Gasteiger partial charge in [-0.15, -0.1) is 0 Å². The second kappa shape index (κ2) is 12.2. The molecule has 160 valence electrons. The Hall–Kier alpha value is -1.47. The fourth-order valence-corrected chi connectivity index (χ4v) is 4.67. The van der Waals surface area contributed by atoms with Gasteiger partial charge >= 0.3 is 5.97 Å². The zero-order chi connectivity index (χ0) is 21.2. The van der Waals surface area contributed by atoms with E-state index < -0.39 is 15.8 Å². The van der Waals surface area contributed by atoms with Gasteiger partial charge in [0.25, 0.3) is 0 Å². The van der Waals surface area contributed by atoms with Gasteiger partial charge in [0.2, 0.25) is 0 Å². The molecule has 1 aromatic rings. The number of hydrogen-bond donors (Lipinski definition) is 1. The first-order chi connectivity index (χ1) is 13.2. The topological polar surface area (TPSA) is 89.9 Å². The van der Waals surface area contributed by atoms with Crippen molar-refractivity contribution in [3.63, 3.8) is 0 Å². The molecule has 0 aliphatic rings. The molecule has 0 saturated carbocycles. The zero-order valence-corrected chi connectivity index (χ0v) is 18.4. The van der Waals surface area contributed by atoms with E-state index in [1.165, 1.54) is 7.11 Å². The summed E-state index contributed by atoms with van der Waals surface area (Å²) in [5.74, 6) is 0.121. The summed E-state index contributed by atoms with van der Waals surface area (Å²) in [5, 5.41) is 9.59. The Morgan fingerprint density at radius 3 is 2.43 bits per heavy atom. The minimum absolute atomic E-state index is 0.00216. The Labute approximate surface area is 173 Å². The maximum atomic E-state index is 11.8. The predicted molar refractivity (Wildman–Crippen MR) is 112 cm³/mol. The second-order valence-electron chi connectivity index (χ2n) is 6.82. The molecule has 0 aliphatic heterocycles. The van der Waals surface area contributed by atoms with Crippen molar-refractivity contribution < 1.29 is 27.8 Å². The number of unbranched alkanes of at least 4 members (excludes halogenated alkanes) is 1. The lowest BCUT2D eigenvalue weighted by Gasteiger charge is -2.20. The average molecular weight is 435 g/mol. The second-order valence-corrected chi connectivity index (χ2v) is 9.53. The number of aliphatic carboxylic acids is 1. The van der Waals surface area contributed by atoms with Crippen molar-refractivity contribution in [2.75, 3.05) is 25.2 Å². The summed E-state index contributed by atoms with van der Waals surface area (Å²) in [6.45, 7) is 4.11. The van der Waals surface area contributed by atoms with Gasteiger partial charge in [-0.05, 0) is 36.8 Å². The van der Waals surface area contributed by atoms with Crippen LogP contribution >= 0.6 is 11.6 Å². The van der Waals surface area contributed by atoms with Crippen LogP contribution in [0, 0.1) is 0 Å². The Balaban J connectivity index is 2.89. The van der Waals surface area contributed by atoms with E-state index in [0.29, 0.717) is 29.4 Å². The molecule has 0 fully saturated rings. The van der Waals surface area contributed by atoms with E-state index in [4.69, 9.17) is 21.1 Å². The van der Waals surface area contributed by atoms with E-state index in [1.807, 2.05) is 6.92 Å². The van der Waals surface area contributed by atoms with Crippen LogP contribution in [0.2, 0.25) is 5.02 Å². The van der Waals surface area contributed by atoms with Crippen LogP contribution in [-0.2, 0) is 14.6 Å². The normalized spacial score (nSPS) is 12.6. The van der Waals surface area contributed by atoms with Gasteiger partial charge in [-0.2, -0.15) is 0 Å². The maximum absolute atomic E-state index is 11.8. The number of carbonyl (C=O) groups is 1. The number of hydrogen-bond acceptors (Lipinski definition) is 5. The van der Waals surface area contributed by atoms with E-state index in [1.54, 1.807) is 12.1 Å². The van der Waals surface area contributed by atoms with Gasteiger partial charge in [-0.3, -0.25) is 4.79 Å². The van der Waals surface area contributed by atoms with Crippen molar-refractivity contribution in [1.29, 1.82) is 0 Å². The summed E-state index contributed by atoms with van der Waals surface area (Å²) in [6, 6.07) is 3.35. The molecule has 8 heteroatoms. The molecular weight excluding hydrogens is 404 g/mol. The molecule has 0 spiro atoms. The summed E-state index contributed by atoms with van der Waals surface area (Å²) in [6.07, 6.45) is 3.58. The first-order valence-corrected chi connectivity index (χ1v) is 11.9. The van der Waals surface area contributed by atoms with Crippen molar-refractivity contribution in [2.24, 2.45) is 0 Å². The van der Waals surface area contributed by atoms with E-state index in [2.05, 4.69) is 6.92 Å². The van der Waals surface area contributed by atoms with Gasteiger partial charge in [0.05, 0.1) is 30.9 Å². The molecule has 0 saturated heterocycles. The Kier molecular flexibility index (Phi) is 10.7. The average Bonchev–Trinajstić information content (AvgIpc) is 2.62. The first kappa shape index (κ1) is 24.6. The Morgan fingerprint density at radius 2 is 1.86 bits per heavy atom. The molecule has 1 unspecified atom stereocenters. The van der Waals surface area contributed by atoms with Gasteiger partial charge in [0.15, 0.2) is 0 Å². The molecule has 0 amide bonds. The molecule has 0 bridgehead atoms. The minimum atomic E-state index is -3.04. The molecular formula is C20H31ClO6S. The molecule has 1 rings (SSSR count). The van der Waals surface area contributed by atoms with Gasteiger partial charge < -0.3 is 14.6 Å². The quantitative estimate of drug-likeness (QED) is 0.427. The van der Waals surface area contributed by atoms with Crippen LogP contribution in [0.4, 0.5) is 0 Å². The number of ether oxygens (including phenoxy) is 2. The lowest BCUT2D eigenvalue weighted by atomic mass is 9.90. The van der Waals surface area contributed by atoms with Crippen LogP contribution in [0.15, 0.2) is 12.1 Å². The van der Waals surface area contributed by atoms with Crippen LogP contribution in [0.1, 0.15) is 63.9 Å². The predicted octanol–water partition coefficient (Wildman–Crippen LogP) is 4.69. The molecule has 1 atom stereocenters. The zero-order valence-electron chi connectivity index (χ0n) is 16.9.